The van der Waals surface area contributed by atoms with E-state index in [1.807, 2.05) is 0 Å². The minimum Gasteiger partial charge on any atom is -0.435 e. The van der Waals surface area contributed by atoms with Gasteiger partial charge in [-0.25, -0.2) is 0 Å². The Balaban J connectivity index is 2.81. The molecular weight excluding hydrogens is 204 g/mol. The number of halogens is 2. The van der Waals surface area contributed by atoms with Gasteiger partial charge < -0.3 is 15.6 Å². The first-order chi connectivity index (χ1) is 6.95. The van der Waals surface area contributed by atoms with Crippen LogP contribution in [-0.2, 0) is 5.54 Å². The Morgan fingerprint density at radius 3 is 2.33 bits per heavy atom. The lowest BCUT2D eigenvalue weighted by Gasteiger charge is -2.22. The topological polar surface area (TPSA) is 55.5 Å². The summed E-state index contributed by atoms with van der Waals surface area (Å²) in [5.74, 6) is 0.0717. The Labute approximate surface area is 86.5 Å². The van der Waals surface area contributed by atoms with Gasteiger partial charge in [0.1, 0.15) is 5.75 Å². The van der Waals surface area contributed by atoms with Crippen molar-refractivity contribution in [1.82, 2.24) is 0 Å². The highest BCUT2D eigenvalue weighted by atomic mass is 19.3. The van der Waals surface area contributed by atoms with Gasteiger partial charge in [-0.2, -0.15) is 8.78 Å². The fourth-order valence-corrected chi connectivity index (χ4v) is 1.11. The molecule has 1 aromatic rings. The maximum absolute atomic E-state index is 11.8. The molecule has 3 nitrogen and oxygen atoms in total. The number of hydrogen-bond acceptors (Lipinski definition) is 3. The lowest BCUT2D eigenvalue weighted by molar-refractivity contribution is -0.0498. The Morgan fingerprint density at radius 2 is 1.93 bits per heavy atom. The van der Waals surface area contributed by atoms with Gasteiger partial charge in [0.25, 0.3) is 0 Å². The number of nitrogens with two attached hydrogens (primary N) is 1. The number of benzene rings is 1. The van der Waals surface area contributed by atoms with E-state index in [9.17, 15) is 8.78 Å². The summed E-state index contributed by atoms with van der Waals surface area (Å²) >= 11 is 0. The van der Waals surface area contributed by atoms with Crippen LogP contribution in [0, 0.1) is 0 Å². The van der Waals surface area contributed by atoms with E-state index in [0.29, 0.717) is 5.56 Å². The van der Waals surface area contributed by atoms with E-state index in [1.54, 1.807) is 19.1 Å². The molecule has 0 radical (unpaired) electrons. The summed E-state index contributed by atoms with van der Waals surface area (Å²) in [7, 11) is 0. The van der Waals surface area contributed by atoms with Crippen LogP contribution >= 0.6 is 0 Å². The van der Waals surface area contributed by atoms with Crippen LogP contribution in [0.15, 0.2) is 24.3 Å². The summed E-state index contributed by atoms with van der Waals surface area (Å²) in [6, 6.07) is 5.88. The van der Waals surface area contributed by atoms with Crippen molar-refractivity contribution in [2.75, 3.05) is 6.61 Å². The van der Waals surface area contributed by atoms with Crippen molar-refractivity contribution >= 4 is 0 Å². The van der Waals surface area contributed by atoms with Gasteiger partial charge in [0.2, 0.25) is 0 Å². The van der Waals surface area contributed by atoms with Gasteiger partial charge in [0, 0.05) is 0 Å². The van der Waals surface area contributed by atoms with Crippen molar-refractivity contribution in [3.63, 3.8) is 0 Å². The van der Waals surface area contributed by atoms with Gasteiger partial charge in [-0.3, -0.25) is 0 Å². The molecule has 0 amide bonds. The second kappa shape index (κ2) is 4.55. The minimum absolute atomic E-state index is 0.0717. The third kappa shape index (κ3) is 3.14. The maximum Gasteiger partial charge on any atom is 0.387 e. The molecule has 0 aliphatic carbocycles. The van der Waals surface area contributed by atoms with Crippen molar-refractivity contribution < 1.29 is 18.6 Å². The molecule has 5 heteroatoms. The van der Waals surface area contributed by atoms with Crippen LogP contribution in [0.3, 0.4) is 0 Å². The highest BCUT2D eigenvalue weighted by Gasteiger charge is 2.19. The van der Waals surface area contributed by atoms with E-state index < -0.39 is 12.2 Å². The van der Waals surface area contributed by atoms with Crippen molar-refractivity contribution in [1.29, 1.82) is 0 Å². The van der Waals surface area contributed by atoms with E-state index in [1.165, 1.54) is 12.1 Å². The zero-order chi connectivity index (χ0) is 11.5. The molecule has 1 unspecified atom stereocenters. The first-order valence-corrected chi connectivity index (χ1v) is 4.41. The molecule has 15 heavy (non-hydrogen) atoms. The van der Waals surface area contributed by atoms with Crippen molar-refractivity contribution in [3.8, 4) is 5.75 Å². The number of ether oxygens (including phenoxy) is 1. The number of aliphatic hydroxyl groups excluding tert-OH is 1. The fourth-order valence-electron chi connectivity index (χ4n) is 1.11. The number of hydrogen-bond donors (Lipinski definition) is 2. The van der Waals surface area contributed by atoms with Crippen LogP contribution in [0.25, 0.3) is 0 Å². The van der Waals surface area contributed by atoms with E-state index in [2.05, 4.69) is 4.74 Å². The Bertz CT molecular complexity index is 312. The summed E-state index contributed by atoms with van der Waals surface area (Å²) in [6.07, 6.45) is 0. The van der Waals surface area contributed by atoms with Crippen LogP contribution in [-0.4, -0.2) is 18.3 Å². The molecule has 0 aromatic heterocycles. The molecule has 1 aromatic carbocycles. The highest BCUT2D eigenvalue weighted by Crippen LogP contribution is 2.21. The smallest absolute Gasteiger partial charge is 0.387 e. The van der Waals surface area contributed by atoms with Gasteiger partial charge in [-0.1, -0.05) is 12.1 Å². The maximum atomic E-state index is 11.8. The van der Waals surface area contributed by atoms with Crippen LogP contribution < -0.4 is 10.5 Å². The molecule has 0 saturated heterocycles. The Morgan fingerprint density at radius 1 is 1.40 bits per heavy atom. The summed E-state index contributed by atoms with van der Waals surface area (Å²) in [5, 5.41) is 8.99. The Hall–Kier alpha value is -1.20. The van der Waals surface area contributed by atoms with Crippen LogP contribution in [0.4, 0.5) is 8.78 Å². The van der Waals surface area contributed by atoms with Crippen molar-refractivity contribution in [2.45, 2.75) is 19.1 Å². The average Bonchev–Trinajstić information content (AvgIpc) is 2.18. The molecule has 0 aliphatic rings. The lowest BCUT2D eigenvalue weighted by atomic mass is 9.94. The Kier molecular flexibility index (Phi) is 3.60. The minimum atomic E-state index is -2.84. The van der Waals surface area contributed by atoms with Gasteiger partial charge in [0.05, 0.1) is 12.1 Å². The first-order valence-electron chi connectivity index (χ1n) is 4.41. The fraction of sp³-hybridized carbons (Fsp3) is 0.400. The second-order valence-corrected chi connectivity index (χ2v) is 3.48. The molecule has 0 aliphatic heterocycles. The third-order valence-corrected chi connectivity index (χ3v) is 2.07. The quantitative estimate of drug-likeness (QED) is 0.802. The summed E-state index contributed by atoms with van der Waals surface area (Å²) < 4.78 is 27.8. The van der Waals surface area contributed by atoms with Gasteiger partial charge >= 0.3 is 6.61 Å². The SMILES string of the molecule is CC(N)(CO)c1ccc(OC(F)F)cc1. The summed E-state index contributed by atoms with van der Waals surface area (Å²) in [4.78, 5) is 0. The van der Waals surface area contributed by atoms with E-state index in [-0.39, 0.29) is 12.4 Å². The van der Waals surface area contributed by atoms with E-state index in [4.69, 9.17) is 10.8 Å². The molecule has 1 atom stereocenters. The molecule has 84 valence electrons. The number of aliphatic hydroxyl groups is 1. The van der Waals surface area contributed by atoms with Crippen LogP contribution in [0.2, 0.25) is 0 Å². The largest absolute Gasteiger partial charge is 0.435 e. The summed E-state index contributed by atoms with van der Waals surface area (Å²) in [6.45, 7) is -1.41. The second-order valence-electron chi connectivity index (χ2n) is 3.48. The first kappa shape index (κ1) is 11.9. The molecule has 0 bridgehead atoms. The van der Waals surface area contributed by atoms with E-state index >= 15 is 0 Å². The normalized spacial score (nSPS) is 15.1. The number of rotatable bonds is 4. The molecule has 1 rings (SSSR count). The van der Waals surface area contributed by atoms with Crippen molar-refractivity contribution in [2.24, 2.45) is 5.73 Å². The third-order valence-electron chi connectivity index (χ3n) is 2.07. The highest BCUT2D eigenvalue weighted by molar-refractivity contribution is 5.31. The van der Waals surface area contributed by atoms with Gasteiger partial charge in [-0.15, -0.1) is 0 Å². The molecular formula is C10H13F2NO2. The predicted octanol–water partition coefficient (Wildman–Crippen LogP) is 1.45. The molecule has 0 heterocycles. The zero-order valence-corrected chi connectivity index (χ0v) is 8.28. The van der Waals surface area contributed by atoms with Crippen molar-refractivity contribution in [3.05, 3.63) is 29.8 Å². The predicted molar refractivity (Wildman–Crippen MR) is 51.7 cm³/mol. The monoisotopic (exact) mass is 217 g/mol. The molecule has 3 N–H and O–H groups in total. The van der Waals surface area contributed by atoms with Gasteiger partial charge in [-0.05, 0) is 24.6 Å². The number of alkyl halides is 2. The lowest BCUT2D eigenvalue weighted by Crippen LogP contribution is -2.36. The standard InChI is InChI=1S/C10H13F2NO2/c1-10(13,6-14)7-2-4-8(5-3-7)15-9(11)12/h2-5,9,14H,6,13H2,1H3. The summed E-state index contributed by atoms with van der Waals surface area (Å²) in [5.41, 5.74) is 5.54. The van der Waals surface area contributed by atoms with Crippen LogP contribution in [0.5, 0.6) is 5.75 Å². The van der Waals surface area contributed by atoms with Crippen LogP contribution in [0.1, 0.15) is 12.5 Å². The zero-order valence-electron chi connectivity index (χ0n) is 8.28. The van der Waals surface area contributed by atoms with Gasteiger partial charge in [0.15, 0.2) is 0 Å². The van der Waals surface area contributed by atoms with E-state index in [0.717, 1.165) is 0 Å². The molecule has 0 fully saturated rings. The average molecular weight is 217 g/mol. The molecule has 0 spiro atoms. The molecule has 0 saturated carbocycles.